The van der Waals surface area contributed by atoms with E-state index in [1.807, 2.05) is 72.8 Å². The van der Waals surface area contributed by atoms with Crippen molar-refractivity contribution < 1.29 is 19.1 Å². The number of hydrazine groups is 1. The van der Waals surface area contributed by atoms with E-state index in [-0.39, 0.29) is 31.8 Å². The first kappa shape index (κ1) is 21.0. The lowest BCUT2D eigenvalue weighted by atomic mass is 10.0. The van der Waals surface area contributed by atoms with Gasteiger partial charge in [0.1, 0.15) is 0 Å². The first-order chi connectivity index (χ1) is 14.6. The monoisotopic (exact) mass is 404 g/mol. The van der Waals surface area contributed by atoms with Crippen molar-refractivity contribution in [2.45, 2.75) is 25.7 Å². The number of rotatable bonds is 8. The number of carbonyl (C=O) groups is 3. The van der Waals surface area contributed by atoms with Gasteiger partial charge in [0.25, 0.3) is 0 Å². The van der Waals surface area contributed by atoms with Crippen molar-refractivity contribution in [3.05, 3.63) is 83.9 Å². The molecule has 6 heteroatoms. The molecule has 0 spiro atoms. The zero-order valence-corrected chi connectivity index (χ0v) is 16.6. The molecule has 154 valence electrons. The molecule has 6 nitrogen and oxygen atoms in total. The number of nitrogens with one attached hydrogen (secondary N) is 2. The van der Waals surface area contributed by atoms with Crippen molar-refractivity contribution in [2.24, 2.45) is 0 Å². The van der Waals surface area contributed by atoms with Gasteiger partial charge in [-0.15, -0.1) is 0 Å². The number of hydrogen-bond donors (Lipinski definition) is 2. The van der Waals surface area contributed by atoms with Crippen LogP contribution < -0.4 is 10.9 Å². The number of esters is 1. The molecule has 3 aromatic rings. The fraction of sp³-hybridized carbons (Fsp3) is 0.208. The lowest BCUT2D eigenvalue weighted by molar-refractivity contribution is -0.145. The smallest absolute Gasteiger partial charge is 0.306 e. The summed E-state index contributed by atoms with van der Waals surface area (Å²) in [6.45, 7) is 0.270. The Labute approximate surface area is 175 Å². The van der Waals surface area contributed by atoms with E-state index in [1.165, 1.54) is 0 Å². The third-order valence-corrected chi connectivity index (χ3v) is 4.63. The molecule has 0 bridgehead atoms. The molecule has 3 rings (SSSR count). The minimum Gasteiger partial charge on any atom is -0.465 e. The van der Waals surface area contributed by atoms with Crippen LogP contribution in [0.25, 0.3) is 10.8 Å². The molecule has 0 radical (unpaired) electrons. The summed E-state index contributed by atoms with van der Waals surface area (Å²) in [5, 5.41) is 2.05. The molecule has 0 aliphatic carbocycles. The standard InChI is InChI=1S/C24H24N2O4/c27-22(13-14-24(29)30-16-15-18-7-2-1-3-8-18)25-26-23(28)17-20-11-6-10-19-9-4-5-12-21(19)20/h1-12H,13-17H2,(H,25,27)(H,26,28). The third kappa shape index (κ3) is 6.44. The first-order valence-electron chi connectivity index (χ1n) is 9.85. The first-order valence-corrected chi connectivity index (χ1v) is 9.85. The third-order valence-electron chi connectivity index (χ3n) is 4.63. The largest absolute Gasteiger partial charge is 0.465 e. The minimum absolute atomic E-state index is 0.0418. The molecule has 0 atom stereocenters. The minimum atomic E-state index is -0.443. The van der Waals surface area contributed by atoms with Gasteiger partial charge in [0.2, 0.25) is 11.8 Å². The Morgan fingerprint density at radius 1 is 0.733 bits per heavy atom. The Morgan fingerprint density at radius 2 is 1.43 bits per heavy atom. The molecule has 0 aromatic heterocycles. The van der Waals surface area contributed by atoms with Gasteiger partial charge in [-0.3, -0.25) is 25.2 Å². The fourth-order valence-electron chi connectivity index (χ4n) is 3.08. The van der Waals surface area contributed by atoms with Crippen LogP contribution in [0.4, 0.5) is 0 Å². The summed E-state index contributed by atoms with van der Waals surface area (Å²) in [4.78, 5) is 35.8. The number of carbonyl (C=O) groups excluding carboxylic acids is 3. The lowest BCUT2D eigenvalue weighted by Gasteiger charge is -2.09. The van der Waals surface area contributed by atoms with Crippen LogP contribution in [0.15, 0.2) is 72.8 Å². The summed E-state index contributed by atoms with van der Waals surface area (Å²) in [6.07, 6.45) is 0.671. The average molecular weight is 404 g/mol. The summed E-state index contributed by atoms with van der Waals surface area (Å²) in [6, 6.07) is 23.3. The molecule has 0 saturated heterocycles. The molecule has 3 aromatic carbocycles. The number of benzene rings is 3. The molecule has 0 fully saturated rings. The van der Waals surface area contributed by atoms with Crippen LogP contribution in [0.2, 0.25) is 0 Å². The second kappa shape index (κ2) is 10.8. The highest BCUT2D eigenvalue weighted by Crippen LogP contribution is 2.18. The van der Waals surface area contributed by atoms with E-state index in [9.17, 15) is 14.4 Å². The fourth-order valence-corrected chi connectivity index (χ4v) is 3.08. The molecule has 0 unspecified atom stereocenters. The van der Waals surface area contributed by atoms with Gasteiger partial charge >= 0.3 is 5.97 Å². The maximum absolute atomic E-state index is 12.2. The van der Waals surface area contributed by atoms with Gasteiger partial charge in [0, 0.05) is 12.8 Å². The highest BCUT2D eigenvalue weighted by molar-refractivity contribution is 5.91. The van der Waals surface area contributed by atoms with Crippen molar-refractivity contribution in [1.29, 1.82) is 0 Å². The van der Waals surface area contributed by atoms with E-state index in [2.05, 4.69) is 10.9 Å². The molecule has 2 amide bonds. The van der Waals surface area contributed by atoms with Gasteiger partial charge in [-0.2, -0.15) is 0 Å². The van der Waals surface area contributed by atoms with Gasteiger partial charge in [0.15, 0.2) is 0 Å². The molecule has 2 N–H and O–H groups in total. The van der Waals surface area contributed by atoms with Crippen molar-refractivity contribution in [1.82, 2.24) is 10.9 Å². The van der Waals surface area contributed by atoms with Crippen molar-refractivity contribution >= 4 is 28.6 Å². The molecular weight excluding hydrogens is 380 g/mol. The Balaban J connectivity index is 1.35. The van der Waals surface area contributed by atoms with E-state index in [0.29, 0.717) is 6.42 Å². The van der Waals surface area contributed by atoms with Crippen LogP contribution in [0.3, 0.4) is 0 Å². The summed E-state index contributed by atoms with van der Waals surface area (Å²) in [5.41, 5.74) is 6.69. The van der Waals surface area contributed by atoms with Crippen molar-refractivity contribution in [3.8, 4) is 0 Å². The number of ether oxygens (including phenoxy) is 1. The van der Waals surface area contributed by atoms with Gasteiger partial charge in [-0.1, -0.05) is 72.8 Å². The predicted molar refractivity (Wildman–Crippen MR) is 114 cm³/mol. The van der Waals surface area contributed by atoms with Crippen LogP contribution in [0.1, 0.15) is 24.0 Å². The average Bonchev–Trinajstić information content (AvgIpc) is 2.77. The van der Waals surface area contributed by atoms with Crippen LogP contribution in [0.5, 0.6) is 0 Å². The highest BCUT2D eigenvalue weighted by atomic mass is 16.5. The lowest BCUT2D eigenvalue weighted by Crippen LogP contribution is -2.42. The Kier molecular flexibility index (Phi) is 7.55. The van der Waals surface area contributed by atoms with Crippen molar-refractivity contribution in [3.63, 3.8) is 0 Å². The topological polar surface area (TPSA) is 84.5 Å². The summed E-state index contributed by atoms with van der Waals surface area (Å²) in [5.74, 6) is -1.21. The van der Waals surface area contributed by atoms with E-state index in [1.54, 1.807) is 0 Å². The second-order valence-electron chi connectivity index (χ2n) is 6.87. The number of hydrogen-bond acceptors (Lipinski definition) is 4. The number of amides is 2. The van der Waals surface area contributed by atoms with Crippen LogP contribution in [-0.4, -0.2) is 24.4 Å². The van der Waals surface area contributed by atoms with Crippen LogP contribution in [-0.2, 0) is 32.0 Å². The van der Waals surface area contributed by atoms with Gasteiger partial charge in [0.05, 0.1) is 19.4 Å². The Morgan fingerprint density at radius 3 is 2.27 bits per heavy atom. The molecule has 0 saturated carbocycles. The summed E-state index contributed by atoms with van der Waals surface area (Å²) < 4.78 is 5.14. The van der Waals surface area contributed by atoms with E-state index < -0.39 is 11.9 Å². The summed E-state index contributed by atoms with van der Waals surface area (Å²) >= 11 is 0. The Bertz CT molecular complexity index is 1010. The molecule has 0 aliphatic rings. The van der Waals surface area contributed by atoms with E-state index >= 15 is 0 Å². The summed E-state index contributed by atoms with van der Waals surface area (Å²) in [7, 11) is 0. The van der Waals surface area contributed by atoms with Gasteiger partial charge < -0.3 is 4.74 Å². The van der Waals surface area contributed by atoms with Crippen LogP contribution in [0, 0.1) is 0 Å². The quantitative estimate of drug-likeness (QED) is 0.446. The molecule has 30 heavy (non-hydrogen) atoms. The van der Waals surface area contributed by atoms with E-state index in [4.69, 9.17) is 4.74 Å². The predicted octanol–water partition coefficient (Wildman–Crippen LogP) is 3.10. The van der Waals surface area contributed by atoms with Gasteiger partial charge in [-0.25, -0.2) is 0 Å². The normalized spacial score (nSPS) is 10.4. The number of fused-ring (bicyclic) bond motifs is 1. The zero-order valence-electron chi connectivity index (χ0n) is 16.6. The molecule has 0 aliphatic heterocycles. The second-order valence-corrected chi connectivity index (χ2v) is 6.87. The van der Waals surface area contributed by atoms with E-state index in [0.717, 1.165) is 21.9 Å². The Hall–Kier alpha value is -3.67. The SMILES string of the molecule is O=C(CCC(=O)OCCc1ccccc1)NNC(=O)Cc1cccc2ccccc12. The zero-order chi connectivity index (χ0) is 21.2. The highest BCUT2D eigenvalue weighted by Gasteiger charge is 2.11. The van der Waals surface area contributed by atoms with Crippen molar-refractivity contribution in [2.75, 3.05) is 6.61 Å². The van der Waals surface area contributed by atoms with Crippen LogP contribution >= 0.6 is 0 Å². The van der Waals surface area contributed by atoms with Gasteiger partial charge in [-0.05, 0) is 21.9 Å². The molecular formula is C24H24N2O4. The molecule has 0 heterocycles. The maximum atomic E-state index is 12.2. The maximum Gasteiger partial charge on any atom is 0.306 e.